The van der Waals surface area contributed by atoms with Crippen LogP contribution in [0.25, 0.3) is 0 Å². The van der Waals surface area contributed by atoms with Crippen molar-refractivity contribution in [2.75, 3.05) is 0 Å². The normalized spacial score (nSPS) is 14.9. The maximum absolute atomic E-state index is 12.0. The zero-order chi connectivity index (χ0) is 22.6. The number of nitrogens with zero attached hydrogens (tertiary/aromatic N) is 3. The molecule has 1 aliphatic rings. The Hall–Kier alpha value is -3.87. The summed E-state index contributed by atoms with van der Waals surface area (Å²) in [7, 11) is 0. The average molecular weight is 443 g/mol. The van der Waals surface area contributed by atoms with Crippen LogP contribution in [0.1, 0.15) is 46.8 Å². The van der Waals surface area contributed by atoms with Gasteiger partial charge in [0, 0.05) is 24.2 Å². The number of carboxylic acids is 1. The Morgan fingerprint density at radius 2 is 1.94 bits per heavy atom. The van der Waals surface area contributed by atoms with Crippen LogP contribution in [0.2, 0.25) is 0 Å². The van der Waals surface area contributed by atoms with Crippen LogP contribution < -0.4 is 4.74 Å². The van der Waals surface area contributed by atoms with Crippen molar-refractivity contribution in [3.63, 3.8) is 0 Å². The minimum absolute atomic E-state index is 0.110. The molecular weight excluding hydrogens is 416 g/mol. The maximum Gasteiger partial charge on any atom is 0.346 e. The van der Waals surface area contributed by atoms with E-state index in [1.807, 2.05) is 48.7 Å². The number of aromatic nitrogens is 4. The summed E-state index contributed by atoms with van der Waals surface area (Å²) in [6, 6.07) is 16.0. The number of fused-ring (bicyclic) bond motifs is 1. The lowest BCUT2D eigenvalue weighted by Gasteiger charge is -2.22. The predicted molar refractivity (Wildman–Crippen MR) is 123 cm³/mol. The van der Waals surface area contributed by atoms with Crippen LogP contribution in [0.5, 0.6) is 5.75 Å². The number of hydrogen-bond acceptors (Lipinski definition) is 4. The monoisotopic (exact) mass is 442 g/mol. The highest BCUT2D eigenvalue weighted by Gasteiger charge is 2.25. The van der Waals surface area contributed by atoms with Gasteiger partial charge in [0.2, 0.25) is 6.10 Å². The lowest BCUT2D eigenvalue weighted by Crippen LogP contribution is -2.32. The zero-order valence-electron chi connectivity index (χ0n) is 18.2. The molecule has 33 heavy (non-hydrogen) atoms. The van der Waals surface area contributed by atoms with Gasteiger partial charge in [0.1, 0.15) is 11.6 Å². The van der Waals surface area contributed by atoms with Gasteiger partial charge in [-0.25, -0.2) is 9.78 Å². The summed E-state index contributed by atoms with van der Waals surface area (Å²) >= 11 is 0. The molecular formula is C26H26N4O3. The molecule has 4 aromatic rings. The number of benzene rings is 2. The molecule has 7 nitrogen and oxygen atoms in total. The highest BCUT2D eigenvalue weighted by molar-refractivity contribution is 5.72. The lowest BCUT2D eigenvalue weighted by atomic mass is 9.91. The number of aliphatic carboxylic acids is 1. The first-order valence-corrected chi connectivity index (χ1v) is 11.3. The van der Waals surface area contributed by atoms with Crippen molar-refractivity contribution in [2.45, 2.75) is 44.2 Å². The molecule has 0 saturated carbocycles. The third-order valence-corrected chi connectivity index (χ3v) is 6.16. The summed E-state index contributed by atoms with van der Waals surface area (Å²) in [5.41, 5.74) is 4.40. The van der Waals surface area contributed by atoms with E-state index in [0.717, 1.165) is 48.2 Å². The quantitative estimate of drug-likeness (QED) is 0.427. The van der Waals surface area contributed by atoms with Gasteiger partial charge >= 0.3 is 5.97 Å². The number of H-pyrrole nitrogens is 1. The third kappa shape index (κ3) is 4.53. The van der Waals surface area contributed by atoms with E-state index in [4.69, 9.17) is 4.74 Å². The van der Waals surface area contributed by atoms with Gasteiger partial charge in [-0.15, -0.1) is 0 Å². The first-order chi connectivity index (χ1) is 16.2. The van der Waals surface area contributed by atoms with E-state index < -0.39 is 12.1 Å². The van der Waals surface area contributed by atoms with Crippen molar-refractivity contribution >= 4 is 5.97 Å². The summed E-state index contributed by atoms with van der Waals surface area (Å²) in [6.07, 6.45) is 10.3. The fraction of sp³-hybridized carbons (Fsp3) is 0.269. The van der Waals surface area contributed by atoms with Crippen LogP contribution in [0.4, 0.5) is 0 Å². The standard InChI is InChI=1S/C26H26N4O3/c31-26(32)23(33-22-12-6-10-18-7-4-5-11-21(18)22)17-30-16-20(15-29-30)24(25-27-13-14-28-25)19-8-2-1-3-9-19/h1-3,6,8-10,12-16,23-24H,4-5,7,11,17H2,(H,27,28)(H,31,32). The molecule has 2 aromatic heterocycles. The van der Waals surface area contributed by atoms with Crippen LogP contribution in [0, 0.1) is 0 Å². The van der Waals surface area contributed by atoms with E-state index in [0.29, 0.717) is 5.75 Å². The summed E-state index contributed by atoms with van der Waals surface area (Å²) in [6.45, 7) is 0.110. The Kier molecular flexibility index (Phi) is 5.93. The van der Waals surface area contributed by atoms with Gasteiger partial charge in [-0.1, -0.05) is 42.5 Å². The zero-order valence-corrected chi connectivity index (χ0v) is 18.2. The molecule has 1 aliphatic carbocycles. The van der Waals surface area contributed by atoms with Crippen molar-refractivity contribution < 1.29 is 14.6 Å². The molecule has 0 aliphatic heterocycles. The highest BCUT2D eigenvalue weighted by atomic mass is 16.5. The smallest absolute Gasteiger partial charge is 0.346 e. The molecule has 2 N–H and O–H groups in total. The Bertz CT molecular complexity index is 1220. The van der Waals surface area contributed by atoms with E-state index in [2.05, 4.69) is 21.1 Å². The number of ether oxygens (including phenoxy) is 1. The Balaban J connectivity index is 1.39. The summed E-state index contributed by atoms with van der Waals surface area (Å²) in [5.74, 6) is 0.346. The number of carboxylic acid groups (broad SMARTS) is 1. The predicted octanol–water partition coefficient (Wildman–Crippen LogP) is 4.20. The summed E-state index contributed by atoms with van der Waals surface area (Å²) < 4.78 is 7.67. The highest BCUT2D eigenvalue weighted by Crippen LogP contribution is 2.31. The summed E-state index contributed by atoms with van der Waals surface area (Å²) in [5, 5.41) is 14.3. The molecule has 0 saturated heterocycles. The minimum Gasteiger partial charge on any atom is -0.478 e. The van der Waals surface area contributed by atoms with Crippen LogP contribution in [-0.2, 0) is 24.2 Å². The number of aromatic amines is 1. The molecule has 2 atom stereocenters. The van der Waals surface area contributed by atoms with Gasteiger partial charge in [-0.05, 0) is 48.4 Å². The van der Waals surface area contributed by atoms with Gasteiger partial charge in [-0.3, -0.25) is 4.68 Å². The Labute approximate surface area is 192 Å². The van der Waals surface area contributed by atoms with Gasteiger partial charge in [0.05, 0.1) is 18.7 Å². The Morgan fingerprint density at radius 3 is 2.73 bits per heavy atom. The van der Waals surface area contributed by atoms with Crippen LogP contribution in [-0.4, -0.2) is 36.9 Å². The first-order valence-electron chi connectivity index (χ1n) is 11.3. The summed E-state index contributed by atoms with van der Waals surface area (Å²) in [4.78, 5) is 19.7. The molecule has 2 unspecified atom stereocenters. The second-order valence-corrected chi connectivity index (χ2v) is 8.36. The molecule has 7 heteroatoms. The van der Waals surface area contributed by atoms with E-state index in [1.165, 1.54) is 5.56 Å². The van der Waals surface area contributed by atoms with Gasteiger partial charge in [0.25, 0.3) is 0 Å². The number of imidazole rings is 1. The van der Waals surface area contributed by atoms with Crippen LogP contribution >= 0.6 is 0 Å². The SMILES string of the molecule is O=C(O)C(Cn1cc(C(c2ccccc2)c2ncc[nH]2)cn1)Oc1cccc2c1CCCC2. The van der Waals surface area contributed by atoms with Crippen LogP contribution in [0.15, 0.2) is 73.3 Å². The Morgan fingerprint density at radius 1 is 1.09 bits per heavy atom. The molecule has 0 spiro atoms. The maximum atomic E-state index is 12.0. The van der Waals surface area contributed by atoms with Gasteiger partial charge in [-0.2, -0.15) is 5.10 Å². The molecule has 5 rings (SSSR count). The molecule has 2 heterocycles. The fourth-order valence-electron chi connectivity index (χ4n) is 4.56. The fourth-order valence-corrected chi connectivity index (χ4v) is 4.56. The van der Waals surface area contributed by atoms with E-state index >= 15 is 0 Å². The molecule has 0 radical (unpaired) electrons. The number of nitrogens with one attached hydrogen (secondary N) is 1. The number of carbonyl (C=O) groups is 1. The van der Waals surface area contributed by atoms with E-state index in [9.17, 15) is 9.90 Å². The van der Waals surface area contributed by atoms with Crippen molar-refractivity contribution in [3.05, 3.63) is 101 Å². The lowest BCUT2D eigenvalue weighted by molar-refractivity contribution is -0.145. The molecule has 0 fully saturated rings. The number of rotatable bonds is 8. The van der Waals surface area contributed by atoms with Crippen molar-refractivity contribution in [1.82, 2.24) is 19.7 Å². The van der Waals surface area contributed by atoms with E-state index in [-0.39, 0.29) is 12.5 Å². The van der Waals surface area contributed by atoms with E-state index in [1.54, 1.807) is 23.3 Å². The largest absolute Gasteiger partial charge is 0.478 e. The molecule has 0 amide bonds. The average Bonchev–Trinajstić information content (AvgIpc) is 3.53. The minimum atomic E-state index is -1.04. The van der Waals surface area contributed by atoms with Gasteiger partial charge < -0.3 is 14.8 Å². The molecule has 2 aromatic carbocycles. The second-order valence-electron chi connectivity index (χ2n) is 8.36. The number of hydrogen-bond donors (Lipinski definition) is 2. The first kappa shape index (κ1) is 21.0. The van der Waals surface area contributed by atoms with Crippen LogP contribution in [0.3, 0.4) is 0 Å². The molecule has 0 bridgehead atoms. The number of aryl methyl sites for hydroxylation is 1. The van der Waals surface area contributed by atoms with Gasteiger partial charge in [0.15, 0.2) is 0 Å². The van der Waals surface area contributed by atoms with Crippen molar-refractivity contribution in [1.29, 1.82) is 0 Å². The third-order valence-electron chi connectivity index (χ3n) is 6.16. The second kappa shape index (κ2) is 9.32. The molecule has 168 valence electrons. The van der Waals surface area contributed by atoms with Crippen molar-refractivity contribution in [2.24, 2.45) is 0 Å². The van der Waals surface area contributed by atoms with Crippen molar-refractivity contribution in [3.8, 4) is 5.75 Å². The topological polar surface area (TPSA) is 93.0 Å².